The van der Waals surface area contributed by atoms with E-state index < -0.39 is 0 Å². The summed E-state index contributed by atoms with van der Waals surface area (Å²) < 4.78 is 6.01. The molecular weight excluding hydrogens is 361 g/mol. The van der Waals surface area contributed by atoms with E-state index in [1.54, 1.807) is 6.07 Å². The number of thiocarbonyl (C=S) groups is 1. The number of nitrogens with zero attached hydrogens (tertiary/aromatic N) is 1. The summed E-state index contributed by atoms with van der Waals surface area (Å²) in [5.41, 5.74) is 1.87. The van der Waals surface area contributed by atoms with Crippen LogP contribution >= 0.6 is 35.4 Å². The fraction of sp³-hybridized carbons (Fsp3) is 0.316. The van der Waals surface area contributed by atoms with Crippen LogP contribution in [-0.2, 0) is 6.61 Å². The van der Waals surface area contributed by atoms with Crippen LogP contribution in [0.25, 0.3) is 0 Å². The Kier molecular flexibility index (Phi) is 5.99. The Balaban J connectivity index is 1.75. The van der Waals surface area contributed by atoms with Crippen molar-refractivity contribution in [3.8, 4) is 5.75 Å². The molecule has 0 saturated carbocycles. The second kappa shape index (κ2) is 8.19. The average Bonchev–Trinajstić information content (AvgIpc) is 2.61. The van der Waals surface area contributed by atoms with Gasteiger partial charge in [-0.15, -0.1) is 0 Å². The Hall–Kier alpha value is -1.29. The molecule has 0 aromatic heterocycles. The van der Waals surface area contributed by atoms with E-state index in [1.807, 2.05) is 36.4 Å². The number of ether oxygens (including phenoxy) is 1. The maximum absolute atomic E-state index is 6.22. The Morgan fingerprint density at radius 2 is 1.79 bits per heavy atom. The molecule has 1 aliphatic heterocycles. The normalized spacial score (nSPS) is 14.5. The van der Waals surface area contributed by atoms with Crippen LogP contribution in [0.5, 0.6) is 5.75 Å². The molecule has 0 bridgehead atoms. The summed E-state index contributed by atoms with van der Waals surface area (Å²) in [5, 5.41) is 1.23. The summed E-state index contributed by atoms with van der Waals surface area (Å²) >= 11 is 17.9. The Bertz CT molecular complexity index is 729. The molecule has 3 rings (SSSR count). The van der Waals surface area contributed by atoms with Gasteiger partial charge in [-0.25, -0.2) is 0 Å². The number of hydrogen-bond acceptors (Lipinski definition) is 2. The van der Waals surface area contributed by atoms with E-state index in [0.29, 0.717) is 16.7 Å². The van der Waals surface area contributed by atoms with E-state index in [9.17, 15) is 0 Å². The van der Waals surface area contributed by atoms with Crippen LogP contribution in [0, 0.1) is 0 Å². The minimum Gasteiger partial charge on any atom is -0.488 e. The lowest BCUT2D eigenvalue weighted by Crippen LogP contribution is -2.35. The van der Waals surface area contributed by atoms with E-state index in [-0.39, 0.29) is 0 Å². The van der Waals surface area contributed by atoms with Gasteiger partial charge in [-0.1, -0.05) is 53.6 Å². The van der Waals surface area contributed by atoms with Crippen LogP contribution in [-0.4, -0.2) is 23.0 Å². The first-order valence-corrected chi connectivity index (χ1v) is 9.26. The first-order valence-electron chi connectivity index (χ1n) is 8.10. The standard InChI is InChI=1S/C19H19Cl2NOS/c20-15-9-8-14(17(21)12-15)13-23-18-7-3-2-6-16(18)19(24)22-10-4-1-5-11-22/h2-3,6-9,12H,1,4-5,10-11,13H2. The predicted octanol–water partition coefficient (Wildman–Crippen LogP) is 5.73. The zero-order valence-electron chi connectivity index (χ0n) is 13.3. The van der Waals surface area contributed by atoms with Gasteiger partial charge < -0.3 is 9.64 Å². The maximum Gasteiger partial charge on any atom is 0.130 e. The molecule has 1 heterocycles. The highest BCUT2D eigenvalue weighted by Gasteiger charge is 2.18. The molecule has 0 N–H and O–H groups in total. The number of rotatable bonds is 4. The van der Waals surface area contributed by atoms with Crippen molar-refractivity contribution in [1.29, 1.82) is 0 Å². The third-order valence-electron chi connectivity index (χ3n) is 4.16. The van der Waals surface area contributed by atoms with Crippen molar-refractivity contribution in [2.45, 2.75) is 25.9 Å². The maximum atomic E-state index is 6.22. The van der Waals surface area contributed by atoms with Gasteiger partial charge in [0.15, 0.2) is 0 Å². The first-order chi connectivity index (χ1) is 11.6. The summed E-state index contributed by atoms with van der Waals surface area (Å²) in [6.07, 6.45) is 3.68. The number of benzene rings is 2. The predicted molar refractivity (Wildman–Crippen MR) is 104 cm³/mol. The molecular formula is C19H19Cl2NOS. The molecule has 24 heavy (non-hydrogen) atoms. The van der Waals surface area contributed by atoms with Crippen molar-refractivity contribution in [2.75, 3.05) is 13.1 Å². The van der Waals surface area contributed by atoms with Crippen molar-refractivity contribution >= 4 is 40.4 Å². The molecule has 0 spiro atoms. The lowest BCUT2D eigenvalue weighted by Gasteiger charge is -2.29. The number of likely N-dealkylation sites (tertiary alicyclic amines) is 1. The summed E-state index contributed by atoms with van der Waals surface area (Å²) in [6, 6.07) is 13.4. The second-order valence-electron chi connectivity index (χ2n) is 5.87. The van der Waals surface area contributed by atoms with Crippen molar-refractivity contribution in [1.82, 2.24) is 4.90 Å². The zero-order chi connectivity index (χ0) is 16.9. The van der Waals surface area contributed by atoms with Crippen LogP contribution in [0.1, 0.15) is 30.4 Å². The first kappa shape index (κ1) is 17.5. The largest absolute Gasteiger partial charge is 0.488 e. The SMILES string of the molecule is S=C(c1ccccc1OCc1ccc(Cl)cc1Cl)N1CCCCC1. The van der Waals surface area contributed by atoms with Crippen molar-refractivity contribution in [3.05, 3.63) is 63.6 Å². The molecule has 1 saturated heterocycles. The van der Waals surface area contributed by atoms with E-state index in [2.05, 4.69) is 4.90 Å². The van der Waals surface area contributed by atoms with Crippen molar-refractivity contribution in [2.24, 2.45) is 0 Å². The Morgan fingerprint density at radius 3 is 2.54 bits per heavy atom. The van der Waals surface area contributed by atoms with E-state index >= 15 is 0 Å². The average molecular weight is 380 g/mol. The zero-order valence-corrected chi connectivity index (χ0v) is 15.6. The van der Waals surface area contributed by atoms with Gasteiger partial charge in [-0.05, 0) is 43.5 Å². The lowest BCUT2D eigenvalue weighted by molar-refractivity contribution is 0.303. The summed E-state index contributed by atoms with van der Waals surface area (Å²) in [7, 11) is 0. The molecule has 0 aliphatic carbocycles. The van der Waals surface area contributed by atoms with Gasteiger partial charge in [-0.3, -0.25) is 0 Å². The van der Waals surface area contributed by atoms with Gasteiger partial charge >= 0.3 is 0 Å². The fourth-order valence-corrected chi connectivity index (χ4v) is 3.65. The quantitative estimate of drug-likeness (QED) is 0.628. The van der Waals surface area contributed by atoms with Crippen LogP contribution in [0.4, 0.5) is 0 Å². The van der Waals surface area contributed by atoms with Crippen LogP contribution in [0.3, 0.4) is 0 Å². The lowest BCUT2D eigenvalue weighted by atomic mass is 10.1. The number of halogens is 2. The fourth-order valence-electron chi connectivity index (χ4n) is 2.83. The third-order valence-corrected chi connectivity index (χ3v) is 5.22. The second-order valence-corrected chi connectivity index (χ2v) is 7.10. The minimum absolute atomic E-state index is 0.385. The van der Waals surface area contributed by atoms with Crippen molar-refractivity contribution in [3.63, 3.8) is 0 Å². The topological polar surface area (TPSA) is 12.5 Å². The van der Waals surface area contributed by atoms with Crippen LogP contribution < -0.4 is 4.74 Å². The summed E-state index contributed by atoms with van der Waals surface area (Å²) in [5.74, 6) is 0.791. The molecule has 1 aliphatic rings. The Morgan fingerprint density at radius 1 is 1.04 bits per heavy atom. The number of piperidine rings is 1. The number of hydrogen-bond donors (Lipinski definition) is 0. The smallest absolute Gasteiger partial charge is 0.130 e. The molecule has 126 valence electrons. The highest BCUT2D eigenvalue weighted by Crippen LogP contribution is 2.26. The van der Waals surface area contributed by atoms with Gasteiger partial charge in [0.2, 0.25) is 0 Å². The van der Waals surface area contributed by atoms with Crippen LogP contribution in [0.2, 0.25) is 10.0 Å². The van der Waals surface area contributed by atoms with Gasteiger partial charge in [-0.2, -0.15) is 0 Å². The summed E-state index contributed by atoms with van der Waals surface area (Å²) in [4.78, 5) is 3.14. The number of para-hydroxylation sites is 1. The van der Waals surface area contributed by atoms with Gasteiger partial charge in [0.05, 0.1) is 5.56 Å². The molecule has 2 aromatic carbocycles. The van der Waals surface area contributed by atoms with E-state index in [4.69, 9.17) is 40.2 Å². The molecule has 5 heteroatoms. The van der Waals surface area contributed by atoms with Crippen molar-refractivity contribution < 1.29 is 4.74 Å². The monoisotopic (exact) mass is 379 g/mol. The molecule has 0 radical (unpaired) electrons. The third kappa shape index (κ3) is 4.21. The molecule has 2 aromatic rings. The van der Waals surface area contributed by atoms with Gasteiger partial charge in [0.25, 0.3) is 0 Å². The van der Waals surface area contributed by atoms with Crippen LogP contribution in [0.15, 0.2) is 42.5 Å². The van der Waals surface area contributed by atoms with E-state index in [1.165, 1.54) is 19.3 Å². The highest BCUT2D eigenvalue weighted by molar-refractivity contribution is 7.80. The molecule has 0 atom stereocenters. The molecule has 0 unspecified atom stereocenters. The van der Waals surface area contributed by atoms with Gasteiger partial charge in [0.1, 0.15) is 17.3 Å². The van der Waals surface area contributed by atoms with E-state index in [0.717, 1.165) is 35.0 Å². The molecule has 2 nitrogen and oxygen atoms in total. The van der Waals surface area contributed by atoms with Gasteiger partial charge in [0, 0.05) is 28.7 Å². The molecule has 0 amide bonds. The molecule has 1 fully saturated rings. The summed E-state index contributed by atoms with van der Waals surface area (Å²) in [6.45, 7) is 2.43. The highest BCUT2D eigenvalue weighted by atomic mass is 35.5. The Labute approximate surface area is 158 Å². The minimum atomic E-state index is 0.385.